The van der Waals surface area contributed by atoms with Crippen molar-refractivity contribution in [2.45, 2.75) is 59.2 Å². The summed E-state index contributed by atoms with van der Waals surface area (Å²) in [5.74, 6) is -4.74. The summed E-state index contributed by atoms with van der Waals surface area (Å²) in [5.41, 5.74) is 1.69. The van der Waals surface area contributed by atoms with Gasteiger partial charge in [0.1, 0.15) is 0 Å². The third kappa shape index (κ3) is 19.1. The molecule has 4 N–H and O–H groups in total. The second-order valence-electron chi connectivity index (χ2n) is 11.8. The Morgan fingerprint density at radius 2 is 0.750 bits per heavy atom. The maximum atomic E-state index is 12.7. The Balaban J connectivity index is 0.000000461. The first-order valence-corrected chi connectivity index (χ1v) is 22.9. The number of benzene rings is 3. The van der Waals surface area contributed by atoms with E-state index in [-0.39, 0.29) is 60.4 Å². The predicted octanol–water partition coefficient (Wildman–Crippen LogP) is 7.50. The van der Waals surface area contributed by atoms with E-state index < -0.39 is 57.2 Å². The van der Waals surface area contributed by atoms with Crippen LogP contribution in [0.1, 0.15) is 120 Å². The summed E-state index contributed by atoms with van der Waals surface area (Å²) >= 11 is 3.30. The number of carboxylic acids is 2. The molecule has 3 rings (SSSR count). The van der Waals surface area contributed by atoms with E-state index in [1.807, 2.05) is 0 Å². The van der Waals surface area contributed by atoms with E-state index in [1.54, 1.807) is 53.7 Å². The number of carbonyl (C=O) groups excluding carboxylic acids is 4. The van der Waals surface area contributed by atoms with E-state index in [2.05, 4.69) is 15.9 Å². The summed E-state index contributed by atoms with van der Waals surface area (Å²) in [6.07, 6.45) is -0.761. The largest absolute Gasteiger partial charge is 0.478 e. The van der Waals surface area contributed by atoms with Crippen LogP contribution in [0.4, 0.5) is 0 Å². The lowest BCUT2D eigenvalue weighted by molar-refractivity contribution is 0.0506. The molecular weight excluding hydrogens is 898 g/mol. The van der Waals surface area contributed by atoms with Gasteiger partial charge in [-0.15, -0.1) is 0 Å². The molecule has 3 aromatic rings. The Kier molecular flexibility index (Phi) is 23.5. The predicted molar refractivity (Wildman–Crippen MR) is 220 cm³/mol. The average molecular weight is 948 g/mol. The number of hydrogen-bond donors (Lipinski definition) is 4. The number of carbonyl (C=O) groups is 6. The lowest BCUT2D eigenvalue weighted by Gasteiger charge is -2.17. The van der Waals surface area contributed by atoms with Crippen LogP contribution in [0.25, 0.3) is 0 Å². The Morgan fingerprint density at radius 3 is 1.02 bits per heavy atom. The number of aromatic carboxylic acids is 2. The minimum absolute atomic E-state index is 0.0318. The number of alkyl halides is 1. The topological polar surface area (TPSA) is 273 Å². The van der Waals surface area contributed by atoms with Crippen molar-refractivity contribution in [1.29, 1.82) is 0 Å². The summed E-state index contributed by atoms with van der Waals surface area (Å²) in [6, 6.07) is 12.3. The van der Waals surface area contributed by atoms with E-state index in [4.69, 9.17) is 48.0 Å². The molecule has 0 bridgehead atoms. The highest BCUT2D eigenvalue weighted by Gasteiger charge is 2.26. The first-order valence-electron chi connectivity index (χ1n) is 18.2. The van der Waals surface area contributed by atoms with Crippen molar-refractivity contribution < 1.29 is 85.9 Å². The molecule has 0 saturated heterocycles. The van der Waals surface area contributed by atoms with Crippen molar-refractivity contribution in [3.63, 3.8) is 0 Å². The highest BCUT2D eigenvalue weighted by molar-refractivity contribution is 9.08. The van der Waals surface area contributed by atoms with E-state index in [0.29, 0.717) is 35.2 Å². The lowest BCUT2D eigenvalue weighted by Crippen LogP contribution is -2.11. The van der Waals surface area contributed by atoms with Crippen LogP contribution in [-0.2, 0) is 54.8 Å². The van der Waals surface area contributed by atoms with Gasteiger partial charge in [0.2, 0.25) is 0 Å². The zero-order valence-electron chi connectivity index (χ0n) is 33.8. The first-order chi connectivity index (χ1) is 28.2. The van der Waals surface area contributed by atoms with Gasteiger partial charge in [-0.3, -0.25) is 9.13 Å². The van der Waals surface area contributed by atoms with Gasteiger partial charge in [0, 0.05) is 5.33 Å². The monoisotopic (exact) mass is 946 g/mol. The van der Waals surface area contributed by atoms with Gasteiger partial charge >= 0.3 is 51.0 Å². The van der Waals surface area contributed by atoms with Crippen LogP contribution >= 0.6 is 31.1 Å². The van der Waals surface area contributed by atoms with Gasteiger partial charge in [-0.1, -0.05) is 15.9 Å². The Morgan fingerprint density at radius 1 is 0.467 bits per heavy atom. The lowest BCUT2D eigenvalue weighted by atomic mass is 10.1. The van der Waals surface area contributed by atoms with Crippen LogP contribution in [-0.4, -0.2) is 95.5 Å². The van der Waals surface area contributed by atoms with Crippen molar-refractivity contribution >= 4 is 66.9 Å². The van der Waals surface area contributed by atoms with Gasteiger partial charge in [-0.2, -0.15) is 0 Å². The zero-order valence-corrected chi connectivity index (χ0v) is 37.2. The molecule has 0 aromatic heterocycles. The first kappa shape index (κ1) is 53.3. The Bertz CT molecular complexity index is 1950. The van der Waals surface area contributed by atoms with Gasteiger partial charge in [0.25, 0.3) is 0 Å². The molecule has 0 fully saturated rings. The summed E-state index contributed by atoms with van der Waals surface area (Å²) in [5, 5.41) is 18.0. The SMILES string of the molecule is CCOC(=O)c1cc(CBr)cc(C(=O)OCC)c1.CCOC(=O)c1cc(CP(=O)(OCC)OCC)cc(C(=O)OCC)c1.O=C(O)c1cc(CP(=O)(O)O)cc(C(=O)O)c1. The molecule has 21 heteroatoms. The Hall–Kier alpha value is -4.74. The molecule has 0 saturated carbocycles. The number of hydrogen-bond acceptors (Lipinski definition) is 14. The van der Waals surface area contributed by atoms with Crippen LogP contribution in [0.15, 0.2) is 54.6 Å². The molecule has 330 valence electrons. The highest BCUT2D eigenvalue weighted by Crippen LogP contribution is 2.51. The van der Waals surface area contributed by atoms with Gasteiger partial charge in [0.05, 0.1) is 85.3 Å². The molecular formula is C39H49BrO18P2. The molecule has 0 spiro atoms. The zero-order chi connectivity index (χ0) is 45.6. The summed E-state index contributed by atoms with van der Waals surface area (Å²) in [6.45, 7) is 11.7. The third-order valence-electron chi connectivity index (χ3n) is 7.09. The number of carboxylic acid groups (broad SMARTS) is 2. The van der Waals surface area contributed by atoms with Crippen molar-refractivity contribution in [3.05, 3.63) is 105 Å². The van der Waals surface area contributed by atoms with Crippen LogP contribution in [0.5, 0.6) is 0 Å². The fourth-order valence-corrected chi connectivity index (χ4v) is 7.55. The summed E-state index contributed by atoms with van der Waals surface area (Å²) in [4.78, 5) is 86.3. The molecule has 0 amide bonds. The van der Waals surface area contributed by atoms with Gasteiger partial charge in [-0.25, -0.2) is 28.8 Å². The molecule has 0 unspecified atom stereocenters. The average Bonchev–Trinajstić information content (AvgIpc) is 3.17. The molecule has 18 nitrogen and oxygen atoms in total. The van der Waals surface area contributed by atoms with E-state index in [1.165, 1.54) is 24.3 Å². The van der Waals surface area contributed by atoms with E-state index >= 15 is 0 Å². The van der Waals surface area contributed by atoms with Crippen molar-refractivity contribution in [1.82, 2.24) is 0 Å². The maximum absolute atomic E-state index is 12.7. The summed E-state index contributed by atoms with van der Waals surface area (Å²) in [7, 11) is -7.75. The van der Waals surface area contributed by atoms with Crippen LogP contribution < -0.4 is 0 Å². The number of halogens is 1. The van der Waals surface area contributed by atoms with Gasteiger partial charge < -0.3 is 48.0 Å². The van der Waals surface area contributed by atoms with Gasteiger partial charge in [-0.05, 0) is 113 Å². The molecule has 0 heterocycles. The molecule has 60 heavy (non-hydrogen) atoms. The molecule has 0 atom stereocenters. The number of esters is 4. The molecule has 0 aliphatic heterocycles. The molecule has 0 aliphatic carbocycles. The number of ether oxygens (including phenoxy) is 4. The minimum atomic E-state index is -4.37. The molecule has 0 radical (unpaired) electrons. The van der Waals surface area contributed by atoms with E-state index in [9.17, 15) is 37.9 Å². The van der Waals surface area contributed by atoms with Crippen LogP contribution in [0.2, 0.25) is 0 Å². The normalized spacial score (nSPS) is 10.8. The Labute approximate surface area is 355 Å². The highest BCUT2D eigenvalue weighted by atomic mass is 79.9. The van der Waals surface area contributed by atoms with Crippen molar-refractivity contribution in [2.75, 3.05) is 39.6 Å². The quantitative estimate of drug-likeness (QED) is 0.0392. The fourth-order valence-electron chi connectivity index (χ4n) is 4.90. The second-order valence-corrected chi connectivity index (χ2v) is 16.1. The van der Waals surface area contributed by atoms with Crippen molar-refractivity contribution in [2.24, 2.45) is 0 Å². The van der Waals surface area contributed by atoms with Crippen LogP contribution in [0.3, 0.4) is 0 Å². The fraction of sp³-hybridized carbons (Fsp3) is 0.385. The second kappa shape index (κ2) is 26.5. The maximum Gasteiger partial charge on any atom is 0.338 e. The summed E-state index contributed by atoms with van der Waals surface area (Å²) < 4.78 is 53.8. The smallest absolute Gasteiger partial charge is 0.338 e. The number of rotatable bonds is 19. The standard InChI is InChI=1S/C17H25O7P.C13H15BrO4.C9H9O7P/c1-5-21-16(18)14-9-13(10-15(11-14)17(19)22-6-2)12-25(20,23-7-3)24-8-4;1-3-17-12(15)10-5-9(8-14)6-11(7-10)13(16)18-4-2;10-8(11)6-1-5(4-17(14,15)16)2-7(3-6)9(12)13/h9-11H,5-8,12H2,1-4H3;5-7H,3-4,8H2,1-2H3;1-3H,4H2,(H,10,11)(H,12,13)(H2,14,15,16). The van der Waals surface area contributed by atoms with E-state index in [0.717, 1.165) is 23.8 Å². The van der Waals surface area contributed by atoms with Crippen molar-refractivity contribution in [3.8, 4) is 0 Å². The van der Waals surface area contributed by atoms with Crippen LogP contribution in [0, 0.1) is 0 Å². The third-order valence-corrected chi connectivity index (χ3v) is 10.6. The molecule has 0 aliphatic rings. The van der Waals surface area contributed by atoms with Gasteiger partial charge in [0.15, 0.2) is 0 Å². The minimum Gasteiger partial charge on any atom is -0.478 e. The molecule has 3 aromatic carbocycles.